The summed E-state index contributed by atoms with van der Waals surface area (Å²) in [5.74, 6) is 1.93. The summed E-state index contributed by atoms with van der Waals surface area (Å²) < 4.78 is 0. The zero-order valence-corrected chi connectivity index (χ0v) is 13.6. The van der Waals surface area contributed by atoms with E-state index >= 15 is 0 Å². The Labute approximate surface area is 137 Å². The van der Waals surface area contributed by atoms with Gasteiger partial charge >= 0.3 is 0 Å². The number of hydrogen-bond donors (Lipinski definition) is 1. The van der Waals surface area contributed by atoms with Crippen LogP contribution >= 0.6 is 0 Å². The van der Waals surface area contributed by atoms with Crippen molar-refractivity contribution in [2.75, 3.05) is 13.1 Å². The van der Waals surface area contributed by atoms with Crippen LogP contribution in [0.1, 0.15) is 60.9 Å². The quantitative estimate of drug-likeness (QED) is 0.909. The van der Waals surface area contributed by atoms with Gasteiger partial charge in [0.2, 0.25) is 0 Å². The number of nitrogens with zero attached hydrogens (tertiary/aromatic N) is 1. The highest BCUT2D eigenvalue weighted by atomic mass is 16.3. The van der Waals surface area contributed by atoms with Crippen molar-refractivity contribution in [1.82, 2.24) is 4.90 Å². The van der Waals surface area contributed by atoms with Crippen molar-refractivity contribution in [2.24, 2.45) is 11.8 Å². The van der Waals surface area contributed by atoms with Crippen LogP contribution in [0.2, 0.25) is 0 Å². The molecule has 3 nitrogen and oxygen atoms in total. The van der Waals surface area contributed by atoms with Gasteiger partial charge in [-0.25, -0.2) is 0 Å². The number of carbonyl (C=O) groups is 1. The Morgan fingerprint density at radius 1 is 1.17 bits per heavy atom. The molecule has 23 heavy (non-hydrogen) atoms. The van der Waals surface area contributed by atoms with Gasteiger partial charge in [-0.15, -0.1) is 0 Å². The first-order chi connectivity index (χ1) is 11.2. The molecule has 3 heteroatoms. The molecule has 2 bridgehead atoms. The monoisotopic (exact) mass is 311 g/mol. The number of phenols is 1. The Bertz CT molecular complexity index is 666. The van der Waals surface area contributed by atoms with E-state index < -0.39 is 0 Å². The van der Waals surface area contributed by atoms with Crippen LogP contribution < -0.4 is 0 Å². The maximum absolute atomic E-state index is 13.3. The molecular formula is C20H25NO2. The van der Waals surface area contributed by atoms with Crippen molar-refractivity contribution >= 4 is 5.78 Å². The molecular weight excluding hydrogens is 286 g/mol. The van der Waals surface area contributed by atoms with Gasteiger partial charge in [-0.2, -0.15) is 0 Å². The molecule has 0 aromatic heterocycles. The van der Waals surface area contributed by atoms with Crippen molar-refractivity contribution in [3.63, 3.8) is 0 Å². The van der Waals surface area contributed by atoms with Gasteiger partial charge in [0.1, 0.15) is 5.75 Å². The molecule has 1 saturated heterocycles. The molecule has 0 spiro atoms. The minimum absolute atomic E-state index is 0.0988. The highest BCUT2D eigenvalue weighted by Crippen LogP contribution is 2.56. The second-order valence-corrected chi connectivity index (χ2v) is 8.24. The molecule has 1 aromatic carbocycles. The Morgan fingerprint density at radius 2 is 2.04 bits per heavy atom. The summed E-state index contributed by atoms with van der Waals surface area (Å²) in [6, 6.07) is 5.57. The summed E-state index contributed by atoms with van der Waals surface area (Å²) in [4.78, 5) is 15.8. The Balaban J connectivity index is 1.64. The molecule has 3 aliphatic carbocycles. The molecule has 0 amide bonds. The summed E-state index contributed by atoms with van der Waals surface area (Å²) in [6.07, 6.45) is 8.72. The van der Waals surface area contributed by atoms with Crippen LogP contribution in [-0.4, -0.2) is 34.9 Å². The number of rotatable bonds is 2. The highest BCUT2D eigenvalue weighted by Gasteiger charge is 2.57. The summed E-state index contributed by atoms with van der Waals surface area (Å²) in [7, 11) is 0. The van der Waals surface area contributed by atoms with Gasteiger partial charge < -0.3 is 5.11 Å². The smallest absolute Gasteiger partial charge is 0.180 e. The second-order valence-electron chi connectivity index (χ2n) is 8.24. The molecule has 0 radical (unpaired) electrons. The number of benzene rings is 1. The average Bonchev–Trinajstić information content (AvgIpc) is 3.37. The fourth-order valence-electron chi connectivity index (χ4n) is 5.75. The van der Waals surface area contributed by atoms with E-state index in [4.69, 9.17) is 0 Å². The molecule has 1 aliphatic heterocycles. The van der Waals surface area contributed by atoms with Crippen LogP contribution in [0.5, 0.6) is 5.75 Å². The Morgan fingerprint density at radius 3 is 2.87 bits per heavy atom. The van der Waals surface area contributed by atoms with E-state index in [9.17, 15) is 9.90 Å². The van der Waals surface area contributed by atoms with Gasteiger partial charge in [-0.1, -0.05) is 12.8 Å². The van der Waals surface area contributed by atoms with Gasteiger partial charge in [-0.3, -0.25) is 9.69 Å². The number of fused-ring (bicyclic) bond motifs is 1. The number of carbonyl (C=O) groups excluding carboxylic acids is 1. The Hall–Kier alpha value is -1.35. The lowest BCUT2D eigenvalue weighted by atomic mass is 9.52. The normalized spacial score (nSPS) is 36.4. The standard InChI is InChI=1S/C20H25NO2/c22-14-6-7-15-17(11-14)20-8-2-1-3-16(20)18(19(15)23)21(10-9-20)12-13-4-5-13/h6-7,11,13,16,18,22H,1-5,8-10,12H2/t16-,18+,20+/m0/s1. The summed E-state index contributed by atoms with van der Waals surface area (Å²) in [5, 5.41) is 10.0. The van der Waals surface area contributed by atoms with E-state index in [2.05, 4.69) is 4.90 Å². The third-order valence-corrected chi connectivity index (χ3v) is 6.98. The van der Waals surface area contributed by atoms with Gasteiger partial charge in [0.25, 0.3) is 0 Å². The third kappa shape index (κ3) is 1.95. The van der Waals surface area contributed by atoms with Crippen molar-refractivity contribution in [2.45, 2.75) is 56.4 Å². The summed E-state index contributed by atoms with van der Waals surface area (Å²) in [6.45, 7) is 2.18. The van der Waals surface area contributed by atoms with Crippen LogP contribution in [-0.2, 0) is 5.41 Å². The van der Waals surface area contributed by atoms with E-state index in [0.29, 0.717) is 17.5 Å². The van der Waals surface area contributed by atoms with Crippen molar-refractivity contribution in [3.05, 3.63) is 29.3 Å². The fourth-order valence-corrected chi connectivity index (χ4v) is 5.75. The zero-order chi connectivity index (χ0) is 15.6. The lowest BCUT2D eigenvalue weighted by molar-refractivity contribution is -0.00439. The first kappa shape index (κ1) is 14.0. The Kier molecular flexibility index (Phi) is 2.94. The molecule has 4 aliphatic rings. The molecule has 1 heterocycles. The number of likely N-dealkylation sites (tertiary alicyclic amines) is 1. The topological polar surface area (TPSA) is 40.5 Å². The predicted octanol–water partition coefficient (Wildman–Crippen LogP) is 3.50. The van der Waals surface area contributed by atoms with Crippen molar-refractivity contribution < 1.29 is 9.90 Å². The maximum Gasteiger partial charge on any atom is 0.180 e. The lowest BCUT2D eigenvalue weighted by Crippen LogP contribution is -2.63. The van der Waals surface area contributed by atoms with Gasteiger partial charge in [-0.05, 0) is 74.2 Å². The van der Waals surface area contributed by atoms with Crippen LogP contribution in [0.4, 0.5) is 0 Å². The van der Waals surface area contributed by atoms with E-state index in [1.807, 2.05) is 12.1 Å². The lowest BCUT2D eigenvalue weighted by Gasteiger charge is -2.58. The third-order valence-electron chi connectivity index (χ3n) is 6.98. The van der Waals surface area contributed by atoms with Crippen LogP contribution in [0, 0.1) is 11.8 Å². The number of phenolic OH excluding ortho intramolecular Hbond substituents is 1. The maximum atomic E-state index is 13.3. The van der Waals surface area contributed by atoms with Crippen LogP contribution in [0.3, 0.4) is 0 Å². The van der Waals surface area contributed by atoms with Gasteiger partial charge in [0.15, 0.2) is 5.78 Å². The first-order valence-electron chi connectivity index (χ1n) is 9.31. The molecule has 0 unspecified atom stereocenters. The summed E-state index contributed by atoms with van der Waals surface area (Å²) >= 11 is 0. The largest absolute Gasteiger partial charge is 0.508 e. The van der Waals surface area contributed by atoms with Crippen LogP contribution in [0.15, 0.2) is 18.2 Å². The zero-order valence-electron chi connectivity index (χ0n) is 13.6. The molecule has 2 saturated carbocycles. The number of ketones is 1. The minimum atomic E-state index is 0.0988. The number of hydrogen-bond acceptors (Lipinski definition) is 3. The molecule has 3 fully saturated rings. The average molecular weight is 311 g/mol. The number of aromatic hydroxyl groups is 1. The van der Waals surface area contributed by atoms with E-state index in [-0.39, 0.29) is 11.5 Å². The fraction of sp³-hybridized carbons (Fsp3) is 0.650. The SMILES string of the molecule is O=C1c2ccc(O)cc2[C@@]23CCCC[C@H]2[C@H]1N(CC1CC1)CC3. The number of Topliss-reactive ketones (excluding diaryl/α,β-unsaturated/α-hetero) is 1. The van der Waals surface area contributed by atoms with E-state index in [0.717, 1.165) is 36.6 Å². The van der Waals surface area contributed by atoms with Crippen LogP contribution in [0.25, 0.3) is 0 Å². The summed E-state index contributed by atoms with van der Waals surface area (Å²) in [5.41, 5.74) is 2.20. The molecule has 1 aromatic rings. The van der Waals surface area contributed by atoms with Crippen molar-refractivity contribution in [3.8, 4) is 5.75 Å². The molecule has 5 rings (SSSR count). The van der Waals surface area contributed by atoms with E-state index in [1.165, 1.54) is 38.5 Å². The molecule has 122 valence electrons. The molecule has 3 atom stereocenters. The molecule has 1 N–H and O–H groups in total. The minimum Gasteiger partial charge on any atom is -0.508 e. The predicted molar refractivity (Wildman–Crippen MR) is 88.8 cm³/mol. The van der Waals surface area contributed by atoms with Crippen molar-refractivity contribution in [1.29, 1.82) is 0 Å². The highest BCUT2D eigenvalue weighted by molar-refractivity contribution is 6.04. The van der Waals surface area contributed by atoms with Gasteiger partial charge in [0, 0.05) is 17.5 Å². The van der Waals surface area contributed by atoms with Gasteiger partial charge in [0.05, 0.1) is 6.04 Å². The number of piperidine rings is 1. The first-order valence-corrected chi connectivity index (χ1v) is 9.31. The second kappa shape index (κ2) is 4.83. The van der Waals surface area contributed by atoms with E-state index in [1.54, 1.807) is 6.07 Å².